The molecule has 0 aliphatic rings. The number of rotatable bonds is 9. The van der Waals surface area contributed by atoms with Crippen LogP contribution in [0, 0.1) is 24.7 Å². The van der Waals surface area contributed by atoms with E-state index < -0.39 is 0 Å². The van der Waals surface area contributed by atoms with Gasteiger partial charge >= 0.3 is 0 Å². The first kappa shape index (κ1) is 34.9. The largest absolute Gasteiger partial charge is 0.504 e. The molecule has 0 saturated heterocycles. The highest BCUT2D eigenvalue weighted by Gasteiger charge is 2.13. The summed E-state index contributed by atoms with van der Waals surface area (Å²) < 4.78 is 10.2. The Morgan fingerprint density at radius 2 is 1.23 bits per heavy atom. The van der Waals surface area contributed by atoms with Crippen LogP contribution in [0.2, 0.25) is 0 Å². The highest BCUT2D eigenvalue weighted by molar-refractivity contribution is 5.49. The lowest BCUT2D eigenvalue weighted by molar-refractivity contribution is 0.369. The first-order valence-electron chi connectivity index (χ1n) is 14.6. The summed E-state index contributed by atoms with van der Waals surface area (Å²) in [5, 5.41) is 19.0. The average molecular weight is 551 g/mol. The maximum atomic E-state index is 9.58. The van der Waals surface area contributed by atoms with Crippen LogP contribution in [0.3, 0.4) is 0 Å². The second-order valence-electron chi connectivity index (χ2n) is 11.5. The highest BCUT2D eigenvalue weighted by Crippen LogP contribution is 2.33. The molecule has 0 saturated carbocycles. The maximum Gasteiger partial charge on any atom is 0.163 e. The van der Waals surface area contributed by atoms with Gasteiger partial charge in [0.15, 0.2) is 23.0 Å². The lowest BCUT2D eigenvalue weighted by atomic mass is 9.90. The number of aromatic hydroxyl groups is 2. The standard InChI is InChI=1S/C13H20O2.C12H18O2.C11H16/c1-5-9(2)8-11-6-7-12(14)13(15-4)10(11)3;1-8(2)9(3)10-5-6-11(13)12(7-10)14-4;1-9(2)10(3)11-7-5-4-6-8-11/h6-7,9,14H,5,8H2,1-4H3;5-9,13H,1-4H3;4-10H,1-3H3. The van der Waals surface area contributed by atoms with E-state index in [1.165, 1.54) is 23.1 Å². The van der Waals surface area contributed by atoms with Crippen LogP contribution in [0.4, 0.5) is 0 Å². The Hall–Kier alpha value is -3.14. The Bertz CT molecular complexity index is 1120. The van der Waals surface area contributed by atoms with Crippen LogP contribution in [0.1, 0.15) is 95.9 Å². The van der Waals surface area contributed by atoms with Gasteiger partial charge in [-0.25, -0.2) is 0 Å². The minimum atomic E-state index is 0.201. The summed E-state index contributed by atoms with van der Waals surface area (Å²) in [6.07, 6.45) is 2.21. The van der Waals surface area contributed by atoms with Crippen LogP contribution < -0.4 is 9.47 Å². The van der Waals surface area contributed by atoms with E-state index >= 15 is 0 Å². The molecule has 3 atom stereocenters. The number of hydrogen-bond acceptors (Lipinski definition) is 4. The highest BCUT2D eigenvalue weighted by atomic mass is 16.5. The van der Waals surface area contributed by atoms with Gasteiger partial charge in [-0.3, -0.25) is 0 Å². The zero-order valence-electron chi connectivity index (χ0n) is 26.8. The van der Waals surface area contributed by atoms with Gasteiger partial charge in [0.2, 0.25) is 0 Å². The van der Waals surface area contributed by atoms with Crippen molar-refractivity contribution in [3.63, 3.8) is 0 Å². The molecule has 0 aromatic heterocycles. The zero-order valence-corrected chi connectivity index (χ0v) is 26.8. The van der Waals surface area contributed by atoms with Gasteiger partial charge < -0.3 is 19.7 Å². The third-order valence-electron chi connectivity index (χ3n) is 8.02. The van der Waals surface area contributed by atoms with Gasteiger partial charge in [0.1, 0.15) is 0 Å². The lowest BCUT2D eigenvalue weighted by Crippen LogP contribution is -2.02. The molecule has 0 amide bonds. The Kier molecular flexibility index (Phi) is 15.3. The van der Waals surface area contributed by atoms with Gasteiger partial charge in [-0.15, -0.1) is 0 Å². The fraction of sp³-hybridized carbons (Fsp3) is 0.500. The van der Waals surface area contributed by atoms with Crippen molar-refractivity contribution >= 4 is 0 Å². The average Bonchev–Trinajstić information content (AvgIpc) is 2.95. The smallest absolute Gasteiger partial charge is 0.163 e. The molecule has 40 heavy (non-hydrogen) atoms. The second kappa shape index (κ2) is 17.5. The van der Waals surface area contributed by atoms with Gasteiger partial charge in [-0.05, 0) is 83.4 Å². The van der Waals surface area contributed by atoms with Crippen LogP contribution >= 0.6 is 0 Å². The van der Waals surface area contributed by atoms with Crippen molar-refractivity contribution in [1.29, 1.82) is 0 Å². The van der Waals surface area contributed by atoms with E-state index in [9.17, 15) is 10.2 Å². The summed E-state index contributed by atoms with van der Waals surface area (Å²) in [5.41, 5.74) is 4.97. The van der Waals surface area contributed by atoms with Gasteiger partial charge in [0.05, 0.1) is 14.2 Å². The molecule has 4 nitrogen and oxygen atoms in total. The Balaban J connectivity index is 0.000000304. The summed E-state index contributed by atoms with van der Waals surface area (Å²) in [6, 6.07) is 19.9. The van der Waals surface area contributed by atoms with Crippen LogP contribution in [-0.4, -0.2) is 24.4 Å². The first-order chi connectivity index (χ1) is 18.9. The van der Waals surface area contributed by atoms with E-state index in [-0.39, 0.29) is 11.5 Å². The predicted octanol–water partition coefficient (Wildman–Crippen LogP) is 9.90. The maximum absolute atomic E-state index is 9.58. The topological polar surface area (TPSA) is 58.9 Å². The lowest BCUT2D eigenvalue weighted by Gasteiger charge is -2.17. The van der Waals surface area contributed by atoms with E-state index in [0.717, 1.165) is 17.9 Å². The van der Waals surface area contributed by atoms with Gasteiger partial charge in [0.25, 0.3) is 0 Å². The monoisotopic (exact) mass is 550 g/mol. The van der Waals surface area contributed by atoms with Crippen molar-refractivity contribution < 1.29 is 19.7 Å². The normalized spacial score (nSPS) is 12.9. The summed E-state index contributed by atoms with van der Waals surface area (Å²) in [5.74, 6) is 4.72. The molecule has 2 N–H and O–H groups in total. The molecule has 0 heterocycles. The fourth-order valence-corrected chi connectivity index (χ4v) is 4.22. The molecule has 0 aliphatic heterocycles. The van der Waals surface area contributed by atoms with Gasteiger partial charge in [-0.2, -0.15) is 0 Å². The van der Waals surface area contributed by atoms with Gasteiger partial charge in [0, 0.05) is 0 Å². The Morgan fingerprint density at radius 3 is 1.73 bits per heavy atom. The molecule has 0 bridgehead atoms. The predicted molar refractivity (Wildman–Crippen MR) is 170 cm³/mol. The molecule has 3 rings (SSSR count). The third kappa shape index (κ3) is 10.8. The molecule has 0 spiro atoms. The molecule has 3 unspecified atom stereocenters. The van der Waals surface area contributed by atoms with E-state index in [2.05, 4.69) is 85.7 Å². The molecule has 3 aromatic rings. The molecule has 0 radical (unpaired) electrons. The van der Waals surface area contributed by atoms with E-state index in [1.54, 1.807) is 26.4 Å². The number of phenolic OH excluding ortho intramolecular Hbond substituents is 2. The summed E-state index contributed by atoms with van der Waals surface area (Å²) in [4.78, 5) is 0. The van der Waals surface area contributed by atoms with Crippen molar-refractivity contribution in [2.24, 2.45) is 17.8 Å². The number of benzene rings is 3. The molecule has 0 aliphatic carbocycles. The van der Waals surface area contributed by atoms with E-state index in [0.29, 0.717) is 35.2 Å². The zero-order chi connectivity index (χ0) is 30.4. The minimum Gasteiger partial charge on any atom is -0.504 e. The Labute approximate surface area is 244 Å². The van der Waals surface area contributed by atoms with Crippen molar-refractivity contribution in [2.75, 3.05) is 14.2 Å². The van der Waals surface area contributed by atoms with Crippen LogP contribution in [0.5, 0.6) is 23.0 Å². The molecule has 222 valence electrons. The number of phenols is 2. The van der Waals surface area contributed by atoms with Crippen molar-refractivity contribution in [2.45, 2.75) is 87.0 Å². The van der Waals surface area contributed by atoms with Crippen LogP contribution in [0.15, 0.2) is 60.7 Å². The summed E-state index contributed by atoms with van der Waals surface area (Å²) in [7, 11) is 3.16. The molecule has 0 fully saturated rings. The fourth-order valence-electron chi connectivity index (χ4n) is 4.22. The number of ether oxygens (including phenoxy) is 2. The molecule has 3 aromatic carbocycles. The quantitative estimate of drug-likeness (QED) is 0.278. The summed E-state index contributed by atoms with van der Waals surface area (Å²) in [6.45, 7) is 19.8. The van der Waals surface area contributed by atoms with Crippen LogP contribution in [0.25, 0.3) is 0 Å². The molecular formula is C36H54O4. The third-order valence-corrected chi connectivity index (χ3v) is 8.02. The van der Waals surface area contributed by atoms with Crippen molar-refractivity contribution in [3.8, 4) is 23.0 Å². The summed E-state index contributed by atoms with van der Waals surface area (Å²) >= 11 is 0. The minimum absolute atomic E-state index is 0.201. The number of hydrogen-bond donors (Lipinski definition) is 2. The SMILES string of the molecule is CC(C)C(C)c1ccccc1.CCC(C)Cc1ccc(O)c(OC)c1C.COc1cc(C(C)C(C)C)ccc1O. The van der Waals surface area contributed by atoms with Crippen molar-refractivity contribution in [1.82, 2.24) is 0 Å². The first-order valence-corrected chi connectivity index (χ1v) is 14.6. The number of methoxy groups -OCH3 is 2. The van der Waals surface area contributed by atoms with E-state index in [1.807, 2.05) is 25.1 Å². The molecular weight excluding hydrogens is 496 g/mol. The second-order valence-corrected chi connectivity index (χ2v) is 11.5. The van der Waals surface area contributed by atoms with Crippen molar-refractivity contribution in [3.05, 3.63) is 82.9 Å². The van der Waals surface area contributed by atoms with Crippen LogP contribution in [-0.2, 0) is 6.42 Å². The van der Waals surface area contributed by atoms with Gasteiger partial charge in [-0.1, -0.05) is 104 Å². The van der Waals surface area contributed by atoms with E-state index in [4.69, 9.17) is 9.47 Å². The Morgan fingerprint density at radius 1 is 0.675 bits per heavy atom. The molecule has 4 heteroatoms.